The summed E-state index contributed by atoms with van der Waals surface area (Å²) in [6.07, 6.45) is 0. The van der Waals surface area contributed by atoms with Gasteiger partial charge in [0.25, 0.3) is 0 Å². The molecule has 0 aliphatic carbocycles. The average molecular weight is 289 g/mol. The Kier molecular flexibility index (Phi) is 3.97. The number of likely N-dealkylation sites (tertiary alicyclic amines) is 1. The van der Waals surface area contributed by atoms with Crippen molar-refractivity contribution in [2.75, 3.05) is 17.6 Å². The normalized spacial score (nSPS) is 21.8. The summed E-state index contributed by atoms with van der Waals surface area (Å²) in [5.74, 6) is -1.81. The molecule has 0 spiro atoms. The van der Waals surface area contributed by atoms with Crippen molar-refractivity contribution in [1.82, 2.24) is 4.90 Å². The average Bonchev–Trinajstić information content (AvgIpc) is 2.60. The predicted octanol–water partition coefficient (Wildman–Crippen LogP) is 1.16. The molecule has 3 amide bonds. The van der Waals surface area contributed by atoms with Crippen molar-refractivity contribution in [3.8, 4) is 0 Å². The van der Waals surface area contributed by atoms with E-state index in [0.29, 0.717) is 11.4 Å². The number of aryl methyl sites for hydroxylation is 1. The van der Waals surface area contributed by atoms with E-state index >= 15 is 0 Å². The van der Waals surface area contributed by atoms with E-state index in [-0.39, 0.29) is 30.2 Å². The fraction of sp³-hybridized carbons (Fsp3) is 0.400. The Balaban J connectivity index is 2.05. The van der Waals surface area contributed by atoms with Gasteiger partial charge in [-0.1, -0.05) is 19.9 Å². The third-order valence-corrected chi connectivity index (χ3v) is 3.84. The van der Waals surface area contributed by atoms with Gasteiger partial charge in [0.05, 0.1) is 11.4 Å². The summed E-state index contributed by atoms with van der Waals surface area (Å²) in [5.41, 5.74) is 7.72. The number of imide groups is 1. The highest BCUT2D eigenvalue weighted by Gasteiger charge is 2.42. The molecule has 1 aliphatic heterocycles. The Labute approximate surface area is 123 Å². The van der Waals surface area contributed by atoms with Gasteiger partial charge in [0.2, 0.25) is 17.7 Å². The fourth-order valence-corrected chi connectivity index (χ4v) is 2.31. The molecule has 6 heteroatoms. The van der Waals surface area contributed by atoms with Crippen LogP contribution in [0.15, 0.2) is 18.2 Å². The smallest absolute Gasteiger partial charge is 0.244 e. The molecular formula is C15H19N3O3. The fourth-order valence-electron chi connectivity index (χ4n) is 2.31. The number of nitrogens with two attached hydrogens (primary N) is 1. The van der Waals surface area contributed by atoms with Gasteiger partial charge in [-0.15, -0.1) is 0 Å². The van der Waals surface area contributed by atoms with Gasteiger partial charge in [-0.2, -0.15) is 0 Å². The van der Waals surface area contributed by atoms with Crippen LogP contribution in [0.5, 0.6) is 0 Å². The molecule has 3 N–H and O–H groups in total. The highest BCUT2D eigenvalue weighted by atomic mass is 16.2. The van der Waals surface area contributed by atoms with Crippen molar-refractivity contribution in [1.29, 1.82) is 0 Å². The van der Waals surface area contributed by atoms with E-state index in [1.165, 1.54) is 0 Å². The van der Waals surface area contributed by atoms with Crippen LogP contribution in [0.25, 0.3) is 0 Å². The van der Waals surface area contributed by atoms with E-state index in [1.54, 1.807) is 26.0 Å². The molecule has 1 heterocycles. The van der Waals surface area contributed by atoms with E-state index < -0.39 is 5.91 Å². The number of amides is 3. The van der Waals surface area contributed by atoms with Crippen LogP contribution >= 0.6 is 0 Å². The number of carbonyl (C=O) groups is 3. The number of hydrogen-bond donors (Lipinski definition) is 2. The molecule has 2 atom stereocenters. The molecule has 112 valence electrons. The van der Waals surface area contributed by atoms with Crippen molar-refractivity contribution < 1.29 is 14.4 Å². The summed E-state index contributed by atoms with van der Waals surface area (Å²) in [6.45, 7) is 5.01. The molecule has 21 heavy (non-hydrogen) atoms. The largest absolute Gasteiger partial charge is 0.397 e. The molecule has 1 saturated heterocycles. The molecule has 0 radical (unpaired) electrons. The number of nitrogen functional groups attached to an aromatic ring is 1. The zero-order valence-electron chi connectivity index (χ0n) is 12.3. The van der Waals surface area contributed by atoms with Gasteiger partial charge in [0.15, 0.2) is 0 Å². The van der Waals surface area contributed by atoms with Crippen LogP contribution < -0.4 is 11.1 Å². The SMILES string of the molecule is Cc1ccc(NC(=O)CN2C(=O)C(C)C(C)C2=O)c(N)c1. The van der Waals surface area contributed by atoms with Gasteiger partial charge in [0, 0.05) is 11.8 Å². The zero-order valence-corrected chi connectivity index (χ0v) is 12.3. The number of benzene rings is 1. The monoisotopic (exact) mass is 289 g/mol. The van der Waals surface area contributed by atoms with Crippen molar-refractivity contribution in [3.63, 3.8) is 0 Å². The van der Waals surface area contributed by atoms with Crippen molar-refractivity contribution in [2.24, 2.45) is 11.8 Å². The molecule has 2 unspecified atom stereocenters. The first-order chi connectivity index (χ1) is 9.81. The van der Waals surface area contributed by atoms with Crippen molar-refractivity contribution in [3.05, 3.63) is 23.8 Å². The van der Waals surface area contributed by atoms with Gasteiger partial charge in [-0.05, 0) is 24.6 Å². The number of nitrogens with zero attached hydrogens (tertiary/aromatic N) is 1. The standard InChI is InChI=1S/C15H19N3O3/c1-8-4-5-12(11(16)6-8)17-13(19)7-18-14(20)9(2)10(3)15(18)21/h4-6,9-10H,7,16H2,1-3H3,(H,17,19). The first-order valence-electron chi connectivity index (χ1n) is 6.82. The number of hydrogen-bond acceptors (Lipinski definition) is 4. The second kappa shape index (κ2) is 5.55. The van der Waals surface area contributed by atoms with Crippen LogP contribution in [0.4, 0.5) is 11.4 Å². The molecule has 0 saturated carbocycles. The van der Waals surface area contributed by atoms with Gasteiger partial charge in [-0.3, -0.25) is 19.3 Å². The van der Waals surface area contributed by atoms with E-state index in [2.05, 4.69) is 5.32 Å². The second-order valence-electron chi connectivity index (χ2n) is 5.48. The Hall–Kier alpha value is -2.37. The minimum absolute atomic E-state index is 0.278. The Bertz CT molecular complexity index is 592. The van der Waals surface area contributed by atoms with Crippen LogP contribution in [0.2, 0.25) is 0 Å². The molecule has 0 aromatic heterocycles. The van der Waals surface area contributed by atoms with Gasteiger partial charge >= 0.3 is 0 Å². The van der Waals surface area contributed by atoms with Gasteiger partial charge < -0.3 is 11.1 Å². The maximum absolute atomic E-state index is 12.0. The molecular weight excluding hydrogens is 270 g/mol. The van der Waals surface area contributed by atoms with Crippen LogP contribution in [0.1, 0.15) is 19.4 Å². The molecule has 6 nitrogen and oxygen atoms in total. The van der Waals surface area contributed by atoms with Gasteiger partial charge in [-0.25, -0.2) is 0 Å². The molecule has 1 aromatic rings. The lowest BCUT2D eigenvalue weighted by Crippen LogP contribution is -2.38. The quantitative estimate of drug-likeness (QED) is 0.645. The molecule has 2 rings (SSSR count). The lowest BCUT2D eigenvalue weighted by molar-refractivity contribution is -0.142. The third-order valence-electron chi connectivity index (χ3n) is 3.84. The summed E-state index contributed by atoms with van der Waals surface area (Å²) in [7, 11) is 0. The maximum atomic E-state index is 12.0. The minimum Gasteiger partial charge on any atom is -0.397 e. The Morgan fingerprint density at radius 2 is 1.81 bits per heavy atom. The number of carbonyl (C=O) groups excluding carboxylic acids is 3. The zero-order chi connectivity index (χ0) is 15.7. The van der Waals surface area contributed by atoms with Crippen molar-refractivity contribution in [2.45, 2.75) is 20.8 Å². The molecule has 1 aromatic carbocycles. The topological polar surface area (TPSA) is 92.5 Å². The minimum atomic E-state index is -0.437. The number of rotatable bonds is 3. The van der Waals surface area contributed by atoms with Crippen LogP contribution in [0.3, 0.4) is 0 Å². The van der Waals surface area contributed by atoms with Crippen LogP contribution in [0, 0.1) is 18.8 Å². The summed E-state index contributed by atoms with van der Waals surface area (Å²) < 4.78 is 0. The first kappa shape index (κ1) is 15.0. The number of anilines is 2. The Morgan fingerprint density at radius 3 is 2.33 bits per heavy atom. The van der Waals surface area contributed by atoms with Crippen LogP contribution in [-0.4, -0.2) is 29.2 Å². The van der Waals surface area contributed by atoms with Crippen LogP contribution in [-0.2, 0) is 14.4 Å². The lowest BCUT2D eigenvalue weighted by atomic mass is 10.00. The Morgan fingerprint density at radius 1 is 1.24 bits per heavy atom. The number of nitrogens with one attached hydrogen (secondary N) is 1. The summed E-state index contributed by atoms with van der Waals surface area (Å²) in [5, 5.41) is 2.63. The highest BCUT2D eigenvalue weighted by molar-refractivity contribution is 6.08. The van der Waals surface area contributed by atoms with Gasteiger partial charge in [0.1, 0.15) is 6.54 Å². The summed E-state index contributed by atoms with van der Waals surface area (Å²) in [4.78, 5) is 36.9. The second-order valence-corrected chi connectivity index (χ2v) is 5.48. The van der Waals surface area contributed by atoms with E-state index in [9.17, 15) is 14.4 Å². The van der Waals surface area contributed by atoms with Crippen molar-refractivity contribution >= 4 is 29.1 Å². The molecule has 1 aliphatic rings. The van der Waals surface area contributed by atoms with E-state index in [0.717, 1.165) is 10.5 Å². The highest BCUT2D eigenvalue weighted by Crippen LogP contribution is 2.25. The molecule has 0 bridgehead atoms. The third kappa shape index (κ3) is 2.89. The van der Waals surface area contributed by atoms with E-state index in [1.807, 2.05) is 13.0 Å². The summed E-state index contributed by atoms with van der Waals surface area (Å²) in [6, 6.07) is 5.26. The predicted molar refractivity (Wildman–Crippen MR) is 79.3 cm³/mol. The maximum Gasteiger partial charge on any atom is 0.244 e. The first-order valence-corrected chi connectivity index (χ1v) is 6.82. The molecule has 1 fully saturated rings. The lowest BCUT2D eigenvalue weighted by Gasteiger charge is -2.15. The summed E-state index contributed by atoms with van der Waals surface area (Å²) >= 11 is 0. The van der Waals surface area contributed by atoms with E-state index in [4.69, 9.17) is 5.73 Å².